The van der Waals surface area contributed by atoms with Crippen molar-refractivity contribution in [3.8, 4) is 11.5 Å². The van der Waals surface area contributed by atoms with E-state index in [1.165, 1.54) is 11.1 Å². The lowest BCUT2D eigenvalue weighted by Gasteiger charge is -2.23. The van der Waals surface area contributed by atoms with E-state index in [-0.39, 0.29) is 17.5 Å². The van der Waals surface area contributed by atoms with Gasteiger partial charge in [0.15, 0.2) is 0 Å². The number of benzene rings is 3. The Kier molecular flexibility index (Phi) is 6.31. The zero-order valence-electron chi connectivity index (χ0n) is 18.7. The van der Waals surface area contributed by atoms with Crippen LogP contribution < -0.4 is 9.47 Å². The van der Waals surface area contributed by atoms with Crippen LogP contribution >= 0.6 is 0 Å². The van der Waals surface area contributed by atoms with Crippen molar-refractivity contribution in [1.82, 2.24) is 0 Å². The van der Waals surface area contributed by atoms with Gasteiger partial charge in [-0.1, -0.05) is 49.4 Å². The second kappa shape index (κ2) is 8.74. The highest BCUT2D eigenvalue weighted by Crippen LogP contribution is 2.32. The topological polar surface area (TPSA) is 35.5 Å². The molecule has 1 unspecified atom stereocenters. The molecule has 1 atom stereocenters. The highest BCUT2D eigenvalue weighted by atomic mass is 16.5. The number of carbonyl (C=O) groups is 1. The predicted molar refractivity (Wildman–Crippen MR) is 122 cm³/mol. The van der Waals surface area contributed by atoms with E-state index in [9.17, 15) is 4.79 Å². The first kappa shape index (κ1) is 21.6. The van der Waals surface area contributed by atoms with Crippen molar-refractivity contribution in [2.45, 2.75) is 53.1 Å². The van der Waals surface area contributed by atoms with Gasteiger partial charge in [0.25, 0.3) is 0 Å². The molecular formula is C27H30O3. The molecule has 3 aromatic rings. The standard InChI is InChI=1S/C27H30O3/c1-18-16-22(12-14-24(18)29-26(28)21-10-8-7-9-11-21)20(3)23-13-15-25(19(2)17-23)30-27(4,5)6/h7-17,20H,1-6H3. The summed E-state index contributed by atoms with van der Waals surface area (Å²) in [6.45, 7) is 12.4. The fraction of sp³-hybridized carbons (Fsp3) is 0.296. The average molecular weight is 403 g/mol. The van der Waals surface area contributed by atoms with E-state index in [0.717, 1.165) is 16.9 Å². The molecule has 0 aromatic heterocycles. The van der Waals surface area contributed by atoms with E-state index in [2.05, 4.69) is 58.9 Å². The Morgan fingerprint density at radius 2 is 1.33 bits per heavy atom. The molecule has 0 saturated heterocycles. The van der Waals surface area contributed by atoms with Crippen LogP contribution in [0.1, 0.15) is 66.2 Å². The Balaban J connectivity index is 1.77. The van der Waals surface area contributed by atoms with Gasteiger partial charge in [-0.25, -0.2) is 4.79 Å². The fourth-order valence-corrected chi connectivity index (χ4v) is 3.37. The van der Waals surface area contributed by atoms with Gasteiger partial charge in [-0.15, -0.1) is 0 Å². The van der Waals surface area contributed by atoms with Crippen LogP contribution in [0.5, 0.6) is 11.5 Å². The third-order valence-electron chi connectivity index (χ3n) is 5.03. The minimum atomic E-state index is -0.343. The highest BCUT2D eigenvalue weighted by molar-refractivity contribution is 5.91. The highest BCUT2D eigenvalue weighted by Gasteiger charge is 2.16. The van der Waals surface area contributed by atoms with Gasteiger partial charge in [-0.05, 0) is 81.1 Å². The van der Waals surface area contributed by atoms with Gasteiger partial charge in [-0.2, -0.15) is 0 Å². The van der Waals surface area contributed by atoms with Crippen molar-refractivity contribution in [2.24, 2.45) is 0 Å². The van der Waals surface area contributed by atoms with Crippen LogP contribution in [0.2, 0.25) is 0 Å². The van der Waals surface area contributed by atoms with Crippen molar-refractivity contribution in [1.29, 1.82) is 0 Å². The van der Waals surface area contributed by atoms with Crippen molar-refractivity contribution >= 4 is 5.97 Å². The van der Waals surface area contributed by atoms with Gasteiger partial charge >= 0.3 is 5.97 Å². The SMILES string of the molecule is Cc1cc(C(C)c2ccc(OC(C)(C)C)c(C)c2)ccc1OC(=O)c1ccccc1. The van der Waals surface area contributed by atoms with Gasteiger partial charge < -0.3 is 9.47 Å². The molecule has 0 aliphatic carbocycles. The minimum Gasteiger partial charge on any atom is -0.488 e. The van der Waals surface area contributed by atoms with E-state index >= 15 is 0 Å². The normalized spacial score (nSPS) is 12.3. The Morgan fingerprint density at radius 3 is 1.83 bits per heavy atom. The molecule has 3 nitrogen and oxygen atoms in total. The maximum absolute atomic E-state index is 12.3. The van der Waals surface area contributed by atoms with E-state index in [1.807, 2.05) is 37.3 Å². The van der Waals surface area contributed by atoms with E-state index in [0.29, 0.717) is 11.3 Å². The van der Waals surface area contributed by atoms with Gasteiger partial charge in [0.05, 0.1) is 5.56 Å². The summed E-state index contributed by atoms with van der Waals surface area (Å²) in [7, 11) is 0. The average Bonchev–Trinajstić information content (AvgIpc) is 2.70. The molecule has 30 heavy (non-hydrogen) atoms. The Hall–Kier alpha value is -3.07. The summed E-state index contributed by atoms with van der Waals surface area (Å²) in [5, 5.41) is 0. The number of esters is 1. The van der Waals surface area contributed by atoms with E-state index in [1.54, 1.807) is 12.1 Å². The zero-order chi connectivity index (χ0) is 21.9. The molecule has 0 fully saturated rings. The van der Waals surface area contributed by atoms with Crippen molar-refractivity contribution < 1.29 is 14.3 Å². The fourth-order valence-electron chi connectivity index (χ4n) is 3.37. The first-order valence-corrected chi connectivity index (χ1v) is 10.3. The van der Waals surface area contributed by atoms with Gasteiger partial charge in [-0.3, -0.25) is 0 Å². The molecule has 0 aliphatic heterocycles. The summed E-state index contributed by atoms with van der Waals surface area (Å²) in [5.41, 5.74) is 4.79. The lowest BCUT2D eigenvalue weighted by atomic mass is 9.91. The van der Waals surface area contributed by atoms with E-state index < -0.39 is 0 Å². The van der Waals surface area contributed by atoms with Gasteiger partial charge in [0.1, 0.15) is 17.1 Å². The summed E-state index contributed by atoms with van der Waals surface area (Å²) >= 11 is 0. The Bertz CT molecular complexity index is 1030. The molecule has 3 rings (SSSR count). The van der Waals surface area contributed by atoms with Gasteiger partial charge in [0.2, 0.25) is 0 Å². The third kappa shape index (κ3) is 5.29. The first-order chi connectivity index (χ1) is 14.1. The Morgan fingerprint density at radius 1 is 0.800 bits per heavy atom. The monoisotopic (exact) mass is 402 g/mol. The molecule has 0 radical (unpaired) electrons. The summed E-state index contributed by atoms with van der Waals surface area (Å²) in [4.78, 5) is 12.3. The zero-order valence-corrected chi connectivity index (χ0v) is 18.7. The molecule has 0 spiro atoms. The second-order valence-electron chi connectivity index (χ2n) is 8.74. The molecule has 0 saturated carbocycles. The van der Waals surface area contributed by atoms with Crippen LogP contribution in [-0.4, -0.2) is 11.6 Å². The van der Waals surface area contributed by atoms with Crippen molar-refractivity contribution in [3.05, 3.63) is 94.5 Å². The molecule has 0 heterocycles. The van der Waals surface area contributed by atoms with Crippen LogP contribution in [0, 0.1) is 13.8 Å². The number of carbonyl (C=O) groups excluding carboxylic acids is 1. The molecule has 0 amide bonds. The van der Waals surface area contributed by atoms with Crippen LogP contribution in [0.25, 0.3) is 0 Å². The minimum absolute atomic E-state index is 0.213. The number of ether oxygens (including phenoxy) is 2. The lowest BCUT2D eigenvalue weighted by molar-refractivity contribution is 0.0733. The molecule has 0 aliphatic rings. The molecular weight excluding hydrogens is 372 g/mol. The quantitative estimate of drug-likeness (QED) is 0.346. The third-order valence-corrected chi connectivity index (χ3v) is 5.03. The van der Waals surface area contributed by atoms with Crippen molar-refractivity contribution in [2.75, 3.05) is 0 Å². The Labute approximate surface area is 179 Å². The number of hydrogen-bond acceptors (Lipinski definition) is 3. The van der Waals surface area contributed by atoms with Crippen LogP contribution in [-0.2, 0) is 0 Å². The summed E-state index contributed by atoms with van der Waals surface area (Å²) in [5.74, 6) is 1.37. The summed E-state index contributed by atoms with van der Waals surface area (Å²) in [6, 6.07) is 21.4. The molecule has 0 bridgehead atoms. The van der Waals surface area contributed by atoms with Crippen LogP contribution in [0.15, 0.2) is 66.7 Å². The molecule has 0 N–H and O–H groups in total. The van der Waals surface area contributed by atoms with Crippen LogP contribution in [0.3, 0.4) is 0 Å². The summed E-state index contributed by atoms with van der Waals surface area (Å²) < 4.78 is 11.6. The first-order valence-electron chi connectivity index (χ1n) is 10.3. The number of aryl methyl sites for hydroxylation is 2. The smallest absolute Gasteiger partial charge is 0.343 e. The molecule has 3 aromatic carbocycles. The van der Waals surface area contributed by atoms with E-state index in [4.69, 9.17) is 9.47 Å². The van der Waals surface area contributed by atoms with Crippen molar-refractivity contribution in [3.63, 3.8) is 0 Å². The maximum atomic E-state index is 12.3. The number of rotatable bonds is 5. The lowest BCUT2D eigenvalue weighted by Crippen LogP contribution is -2.23. The maximum Gasteiger partial charge on any atom is 0.343 e. The molecule has 156 valence electrons. The predicted octanol–water partition coefficient (Wildman–Crippen LogP) is 6.85. The largest absolute Gasteiger partial charge is 0.488 e. The number of hydrogen-bond donors (Lipinski definition) is 0. The molecule has 3 heteroatoms. The van der Waals surface area contributed by atoms with Gasteiger partial charge in [0, 0.05) is 5.92 Å². The summed E-state index contributed by atoms with van der Waals surface area (Å²) in [6.07, 6.45) is 0. The van der Waals surface area contributed by atoms with Crippen LogP contribution in [0.4, 0.5) is 0 Å². The second-order valence-corrected chi connectivity index (χ2v) is 8.74.